The Morgan fingerprint density at radius 3 is 2.77 bits per heavy atom. The molecule has 5 aromatic rings. The van der Waals surface area contributed by atoms with Crippen LogP contribution in [0.1, 0.15) is 5.56 Å². The summed E-state index contributed by atoms with van der Waals surface area (Å²) in [5, 5.41) is 9.15. The molecule has 2 aromatic carbocycles. The molecule has 0 bridgehead atoms. The lowest BCUT2D eigenvalue weighted by atomic mass is 10.1. The Morgan fingerprint density at radius 2 is 1.90 bits per heavy atom. The largest absolute Gasteiger partial charge is 0.399 e. The third-order valence-corrected chi connectivity index (χ3v) is 5.08. The van der Waals surface area contributed by atoms with Crippen LogP contribution in [0.2, 0.25) is 5.02 Å². The van der Waals surface area contributed by atoms with Gasteiger partial charge in [0.1, 0.15) is 0 Å². The lowest BCUT2D eigenvalue weighted by molar-refractivity contribution is 0.687. The molecule has 0 saturated carbocycles. The zero-order chi connectivity index (χ0) is 20.5. The molecule has 0 amide bonds. The van der Waals surface area contributed by atoms with Gasteiger partial charge in [-0.05, 0) is 23.8 Å². The summed E-state index contributed by atoms with van der Waals surface area (Å²) in [4.78, 5) is 12.2. The summed E-state index contributed by atoms with van der Waals surface area (Å²) in [6, 6.07) is 15.8. The highest BCUT2D eigenvalue weighted by Crippen LogP contribution is 2.32. The number of hydrogen-bond acceptors (Lipinski definition) is 5. The van der Waals surface area contributed by atoms with Gasteiger partial charge in [0, 0.05) is 34.5 Å². The van der Waals surface area contributed by atoms with Gasteiger partial charge in [-0.2, -0.15) is 5.10 Å². The van der Waals surface area contributed by atoms with Crippen LogP contribution in [-0.2, 0) is 6.54 Å². The molecule has 7 nitrogen and oxygen atoms in total. The van der Waals surface area contributed by atoms with Crippen molar-refractivity contribution in [2.45, 2.75) is 6.54 Å². The minimum Gasteiger partial charge on any atom is -0.399 e. The number of nitrogens with zero attached hydrogens (tertiary/aromatic N) is 4. The van der Waals surface area contributed by atoms with E-state index in [1.165, 1.54) is 0 Å². The number of nitrogens with one attached hydrogen (secondary N) is 2. The van der Waals surface area contributed by atoms with E-state index in [-0.39, 0.29) is 0 Å². The number of nitrogens with two attached hydrogens (primary N) is 1. The van der Waals surface area contributed by atoms with Crippen molar-refractivity contribution in [2.24, 2.45) is 0 Å². The Hall–Kier alpha value is -3.84. The fraction of sp³-hybridized carbons (Fsp3) is 0.0455. The van der Waals surface area contributed by atoms with E-state index in [1.54, 1.807) is 12.4 Å². The van der Waals surface area contributed by atoms with Crippen LogP contribution in [0.15, 0.2) is 73.3 Å². The van der Waals surface area contributed by atoms with E-state index >= 15 is 0 Å². The van der Waals surface area contributed by atoms with Gasteiger partial charge in [-0.25, -0.2) is 9.97 Å². The predicted octanol–water partition coefficient (Wildman–Crippen LogP) is 4.85. The first-order valence-electron chi connectivity index (χ1n) is 9.38. The van der Waals surface area contributed by atoms with E-state index < -0.39 is 0 Å². The van der Waals surface area contributed by atoms with Crippen molar-refractivity contribution < 1.29 is 0 Å². The fourth-order valence-electron chi connectivity index (χ4n) is 3.34. The number of nitrogen functional groups attached to an aromatic ring is 1. The SMILES string of the molecule is Nc1ccc(Cn2cc(Nc3ncc(Cl)c(-c4c[nH]c5ccccc45)n3)cn2)cc1. The lowest BCUT2D eigenvalue weighted by Gasteiger charge is -2.06. The van der Waals surface area contributed by atoms with E-state index in [2.05, 4.69) is 25.4 Å². The summed E-state index contributed by atoms with van der Waals surface area (Å²) in [6.45, 7) is 0.643. The van der Waals surface area contributed by atoms with Crippen molar-refractivity contribution in [1.82, 2.24) is 24.7 Å². The molecular weight excluding hydrogens is 398 g/mol. The first-order chi connectivity index (χ1) is 14.7. The van der Waals surface area contributed by atoms with Crippen molar-refractivity contribution in [2.75, 3.05) is 11.1 Å². The van der Waals surface area contributed by atoms with Crippen LogP contribution < -0.4 is 11.1 Å². The molecule has 3 aromatic heterocycles. The predicted molar refractivity (Wildman–Crippen MR) is 120 cm³/mol. The maximum atomic E-state index is 6.40. The van der Waals surface area contributed by atoms with Gasteiger partial charge in [0.25, 0.3) is 0 Å². The quantitative estimate of drug-likeness (QED) is 0.356. The lowest BCUT2D eigenvalue weighted by Crippen LogP contribution is -2.00. The highest BCUT2D eigenvalue weighted by Gasteiger charge is 2.13. The molecule has 3 heterocycles. The molecule has 0 unspecified atom stereocenters. The highest BCUT2D eigenvalue weighted by molar-refractivity contribution is 6.33. The topological polar surface area (TPSA) is 97.4 Å². The van der Waals surface area contributed by atoms with E-state index in [0.717, 1.165) is 33.4 Å². The highest BCUT2D eigenvalue weighted by atomic mass is 35.5. The van der Waals surface area contributed by atoms with E-state index in [9.17, 15) is 0 Å². The minimum atomic E-state index is 0.451. The van der Waals surface area contributed by atoms with Gasteiger partial charge in [-0.3, -0.25) is 4.68 Å². The molecule has 0 aliphatic carbocycles. The number of H-pyrrole nitrogens is 1. The van der Waals surface area contributed by atoms with Crippen molar-refractivity contribution in [3.05, 3.63) is 83.9 Å². The van der Waals surface area contributed by atoms with Crippen LogP contribution in [-0.4, -0.2) is 24.7 Å². The van der Waals surface area contributed by atoms with Gasteiger partial charge in [-0.15, -0.1) is 0 Å². The molecule has 4 N–H and O–H groups in total. The number of rotatable bonds is 5. The van der Waals surface area contributed by atoms with Crippen molar-refractivity contribution in [3.63, 3.8) is 0 Å². The molecule has 8 heteroatoms. The Balaban J connectivity index is 1.39. The summed E-state index contributed by atoms with van der Waals surface area (Å²) in [6.07, 6.45) is 7.15. The number of halogens is 1. The molecule has 0 aliphatic rings. The van der Waals surface area contributed by atoms with Gasteiger partial charge in [0.2, 0.25) is 5.95 Å². The Bertz CT molecular complexity index is 1320. The van der Waals surface area contributed by atoms with Crippen LogP contribution in [0.4, 0.5) is 17.3 Å². The van der Waals surface area contributed by atoms with E-state index in [4.69, 9.17) is 17.3 Å². The van der Waals surface area contributed by atoms with Crippen molar-refractivity contribution >= 4 is 39.8 Å². The van der Waals surface area contributed by atoms with E-state index in [1.807, 2.05) is 65.6 Å². The average Bonchev–Trinajstić information content (AvgIpc) is 3.38. The fourth-order valence-corrected chi connectivity index (χ4v) is 3.53. The summed E-state index contributed by atoms with van der Waals surface area (Å²) in [5.74, 6) is 0.451. The molecule has 148 valence electrons. The van der Waals surface area contributed by atoms with Crippen LogP contribution in [0.25, 0.3) is 22.2 Å². The second kappa shape index (κ2) is 7.53. The molecule has 5 rings (SSSR count). The smallest absolute Gasteiger partial charge is 0.227 e. The second-order valence-corrected chi connectivity index (χ2v) is 7.34. The summed E-state index contributed by atoms with van der Waals surface area (Å²) < 4.78 is 1.84. The monoisotopic (exact) mass is 415 g/mol. The van der Waals surface area contributed by atoms with Crippen LogP contribution in [0.5, 0.6) is 0 Å². The number of aromatic nitrogens is 5. The first kappa shape index (κ1) is 18.2. The van der Waals surface area contributed by atoms with Gasteiger partial charge in [0.05, 0.1) is 35.3 Å². The number of para-hydroxylation sites is 1. The third kappa shape index (κ3) is 3.58. The summed E-state index contributed by atoms with van der Waals surface area (Å²) >= 11 is 6.40. The standard InChI is InChI=1S/C22H18ClN7/c23-19-11-26-22(29-21(19)18-10-25-20-4-2-1-3-17(18)20)28-16-9-27-30(13-16)12-14-5-7-15(24)8-6-14/h1-11,13,25H,12,24H2,(H,26,28,29). The summed E-state index contributed by atoms with van der Waals surface area (Å²) in [5.41, 5.74) is 11.0. The first-order valence-corrected chi connectivity index (χ1v) is 9.76. The average molecular weight is 416 g/mol. The molecular formula is C22H18ClN7. The van der Waals surface area contributed by atoms with Crippen molar-refractivity contribution in [1.29, 1.82) is 0 Å². The van der Waals surface area contributed by atoms with Gasteiger partial charge in [0.15, 0.2) is 0 Å². The Kier molecular flexibility index (Phi) is 4.57. The molecule has 0 aliphatic heterocycles. The molecule has 30 heavy (non-hydrogen) atoms. The maximum absolute atomic E-state index is 6.40. The minimum absolute atomic E-state index is 0.451. The van der Waals surface area contributed by atoms with Crippen molar-refractivity contribution in [3.8, 4) is 11.3 Å². The molecule has 0 fully saturated rings. The molecule has 0 atom stereocenters. The van der Waals surface area contributed by atoms with Gasteiger partial charge >= 0.3 is 0 Å². The summed E-state index contributed by atoms with van der Waals surface area (Å²) in [7, 11) is 0. The number of aromatic amines is 1. The second-order valence-electron chi connectivity index (χ2n) is 6.93. The maximum Gasteiger partial charge on any atom is 0.227 e. The zero-order valence-electron chi connectivity index (χ0n) is 15.9. The van der Waals surface area contributed by atoms with Gasteiger partial charge in [-0.1, -0.05) is 41.9 Å². The molecule has 0 radical (unpaired) electrons. The number of benzene rings is 2. The normalized spacial score (nSPS) is 11.1. The Labute approximate surface area is 177 Å². The number of hydrogen-bond donors (Lipinski definition) is 3. The number of anilines is 3. The number of fused-ring (bicyclic) bond motifs is 1. The zero-order valence-corrected chi connectivity index (χ0v) is 16.6. The van der Waals surface area contributed by atoms with Crippen LogP contribution >= 0.6 is 11.6 Å². The van der Waals surface area contributed by atoms with Gasteiger partial charge < -0.3 is 16.0 Å². The van der Waals surface area contributed by atoms with Crippen LogP contribution in [0.3, 0.4) is 0 Å². The van der Waals surface area contributed by atoms with E-state index in [0.29, 0.717) is 23.2 Å². The Morgan fingerprint density at radius 1 is 1.07 bits per heavy atom. The molecule has 0 saturated heterocycles. The third-order valence-electron chi connectivity index (χ3n) is 4.80. The van der Waals surface area contributed by atoms with Crippen LogP contribution in [0, 0.1) is 0 Å². The molecule has 0 spiro atoms.